The fourth-order valence-corrected chi connectivity index (χ4v) is 5.51. The average molecular weight is 382 g/mol. The van der Waals surface area contributed by atoms with Crippen molar-refractivity contribution in [3.05, 3.63) is 34.6 Å². The highest BCUT2D eigenvalue weighted by atomic mass is 32.2. The molecule has 1 fully saturated rings. The first-order valence-corrected chi connectivity index (χ1v) is 10.8. The molecule has 1 aromatic heterocycles. The standard InChI is InChI=1S/C17H24N4O2S2/c1-4-20(14-9-10-25(22,23)11-14)12-21-17(24)19(3)16(18-21)15-8-6-5-7-13(15)2/h5-8,14H,4,9-12H2,1-3H3/p+1/t14-/m1/s1. The van der Waals surface area contributed by atoms with Crippen molar-refractivity contribution in [3.8, 4) is 11.4 Å². The van der Waals surface area contributed by atoms with E-state index < -0.39 is 9.84 Å². The third-order valence-electron chi connectivity index (χ3n) is 5.04. The van der Waals surface area contributed by atoms with E-state index >= 15 is 0 Å². The highest BCUT2D eigenvalue weighted by Gasteiger charge is 2.35. The van der Waals surface area contributed by atoms with Gasteiger partial charge in [0.25, 0.3) is 0 Å². The Bertz CT molecular complexity index is 930. The van der Waals surface area contributed by atoms with E-state index in [9.17, 15) is 8.42 Å². The fourth-order valence-electron chi connectivity index (χ4n) is 3.49. The number of sulfone groups is 1. The molecule has 2 atom stereocenters. The lowest BCUT2D eigenvalue weighted by molar-refractivity contribution is -0.943. The molecule has 0 amide bonds. The molecular formula is C17H25N4O2S2+. The molecular weight excluding hydrogens is 356 g/mol. The SMILES string of the molecule is CC[NH+](Cn1nc(-c2ccccc2C)n(C)c1=S)[C@@H]1CCS(=O)(=O)C1. The lowest BCUT2D eigenvalue weighted by Crippen LogP contribution is -3.15. The van der Waals surface area contributed by atoms with Crippen LogP contribution in [0.1, 0.15) is 18.9 Å². The maximum Gasteiger partial charge on any atom is 0.202 e. The number of aromatic nitrogens is 3. The van der Waals surface area contributed by atoms with Gasteiger partial charge in [-0.15, -0.1) is 5.10 Å². The number of hydrogen-bond donors (Lipinski definition) is 1. The smallest absolute Gasteiger partial charge is 0.202 e. The van der Waals surface area contributed by atoms with Gasteiger partial charge in [0.05, 0.1) is 12.3 Å². The quantitative estimate of drug-likeness (QED) is 0.785. The van der Waals surface area contributed by atoms with Crippen molar-refractivity contribution in [2.24, 2.45) is 7.05 Å². The number of aryl methyl sites for hydroxylation is 1. The Labute approximate surface area is 154 Å². The second kappa shape index (κ2) is 7.01. The fraction of sp³-hybridized carbons (Fsp3) is 0.529. The summed E-state index contributed by atoms with van der Waals surface area (Å²) >= 11 is 5.58. The first-order chi connectivity index (χ1) is 11.8. The van der Waals surface area contributed by atoms with Crippen LogP contribution in [0.25, 0.3) is 11.4 Å². The molecule has 1 aliphatic heterocycles. The minimum Gasteiger partial charge on any atom is -0.313 e. The molecule has 0 radical (unpaired) electrons. The summed E-state index contributed by atoms with van der Waals surface area (Å²) in [5.74, 6) is 1.40. The lowest BCUT2D eigenvalue weighted by Gasteiger charge is -2.22. The van der Waals surface area contributed by atoms with Gasteiger partial charge in [0, 0.05) is 19.0 Å². The molecule has 136 valence electrons. The average Bonchev–Trinajstić information content (AvgIpc) is 3.07. The van der Waals surface area contributed by atoms with Crippen LogP contribution < -0.4 is 4.90 Å². The van der Waals surface area contributed by atoms with Crippen molar-refractivity contribution in [1.29, 1.82) is 0 Å². The van der Waals surface area contributed by atoms with Gasteiger partial charge in [-0.2, -0.15) is 4.68 Å². The van der Waals surface area contributed by atoms with Gasteiger partial charge in [-0.3, -0.25) is 0 Å². The Hall–Kier alpha value is -1.51. The number of rotatable bonds is 5. The van der Waals surface area contributed by atoms with Crippen LogP contribution in [0.4, 0.5) is 0 Å². The van der Waals surface area contributed by atoms with Gasteiger partial charge in [0.1, 0.15) is 11.8 Å². The van der Waals surface area contributed by atoms with Crippen molar-refractivity contribution < 1.29 is 13.3 Å². The second-order valence-corrected chi connectivity index (χ2v) is 9.34. The first kappa shape index (κ1) is 18.3. The second-order valence-electron chi connectivity index (χ2n) is 6.75. The molecule has 8 heteroatoms. The van der Waals surface area contributed by atoms with Crippen LogP contribution in [-0.4, -0.2) is 46.9 Å². The highest BCUT2D eigenvalue weighted by Crippen LogP contribution is 2.21. The molecule has 1 saturated heterocycles. The van der Waals surface area contributed by atoms with Crippen LogP contribution in [0.5, 0.6) is 0 Å². The summed E-state index contributed by atoms with van der Waals surface area (Å²) in [6.07, 6.45) is 0.719. The molecule has 0 bridgehead atoms. The molecule has 3 rings (SSSR count). The van der Waals surface area contributed by atoms with Gasteiger partial charge < -0.3 is 9.47 Å². The highest BCUT2D eigenvalue weighted by molar-refractivity contribution is 7.91. The molecule has 0 aliphatic carbocycles. The van der Waals surface area contributed by atoms with E-state index in [0.717, 1.165) is 29.9 Å². The van der Waals surface area contributed by atoms with Crippen molar-refractivity contribution >= 4 is 22.1 Å². The Morgan fingerprint density at radius 3 is 2.68 bits per heavy atom. The number of benzene rings is 1. The molecule has 25 heavy (non-hydrogen) atoms. The third kappa shape index (κ3) is 3.70. The molecule has 0 saturated carbocycles. The van der Waals surface area contributed by atoms with E-state index in [1.807, 2.05) is 34.5 Å². The summed E-state index contributed by atoms with van der Waals surface area (Å²) in [6.45, 7) is 5.58. The molecule has 0 spiro atoms. The summed E-state index contributed by atoms with van der Waals surface area (Å²) in [5.41, 5.74) is 2.22. The maximum atomic E-state index is 11.8. The predicted octanol–water partition coefficient (Wildman–Crippen LogP) is 0.976. The van der Waals surface area contributed by atoms with Gasteiger partial charge in [0.15, 0.2) is 22.3 Å². The molecule has 2 aromatic rings. The van der Waals surface area contributed by atoms with Crippen LogP contribution in [-0.2, 0) is 23.6 Å². The van der Waals surface area contributed by atoms with Gasteiger partial charge in [0.2, 0.25) is 4.77 Å². The minimum absolute atomic E-state index is 0.126. The van der Waals surface area contributed by atoms with Gasteiger partial charge >= 0.3 is 0 Å². The van der Waals surface area contributed by atoms with Gasteiger partial charge in [-0.25, -0.2) is 8.42 Å². The van der Waals surface area contributed by atoms with Crippen molar-refractivity contribution in [2.75, 3.05) is 18.1 Å². The number of quaternary nitrogens is 1. The third-order valence-corrected chi connectivity index (χ3v) is 7.30. The van der Waals surface area contributed by atoms with E-state index in [2.05, 4.69) is 19.9 Å². The monoisotopic (exact) mass is 381 g/mol. The summed E-state index contributed by atoms with van der Waals surface area (Å²) in [6, 6.07) is 8.24. The van der Waals surface area contributed by atoms with Crippen LogP contribution >= 0.6 is 12.2 Å². The van der Waals surface area contributed by atoms with E-state index in [4.69, 9.17) is 17.3 Å². The Balaban J connectivity index is 1.90. The summed E-state index contributed by atoms with van der Waals surface area (Å²) in [7, 11) is -0.956. The first-order valence-electron chi connectivity index (χ1n) is 8.57. The van der Waals surface area contributed by atoms with Gasteiger partial charge in [-0.1, -0.05) is 24.3 Å². The Kier molecular flexibility index (Phi) is 5.13. The summed E-state index contributed by atoms with van der Waals surface area (Å²) in [4.78, 5) is 1.21. The van der Waals surface area contributed by atoms with Crippen LogP contribution in [0.15, 0.2) is 24.3 Å². The maximum absolute atomic E-state index is 11.8. The molecule has 6 nitrogen and oxygen atoms in total. The topological polar surface area (TPSA) is 61.3 Å². The van der Waals surface area contributed by atoms with Crippen molar-refractivity contribution in [1.82, 2.24) is 14.3 Å². The predicted molar refractivity (Wildman–Crippen MR) is 101 cm³/mol. The van der Waals surface area contributed by atoms with Crippen LogP contribution in [0, 0.1) is 11.7 Å². The van der Waals surface area contributed by atoms with E-state index in [1.165, 1.54) is 4.90 Å². The summed E-state index contributed by atoms with van der Waals surface area (Å²) < 4.78 is 28.0. The number of nitrogens with one attached hydrogen (secondary N) is 1. The van der Waals surface area contributed by atoms with Crippen LogP contribution in [0.3, 0.4) is 0 Å². The van der Waals surface area contributed by atoms with Crippen molar-refractivity contribution in [3.63, 3.8) is 0 Å². The zero-order valence-electron chi connectivity index (χ0n) is 14.9. The van der Waals surface area contributed by atoms with Gasteiger partial charge in [-0.05, 0) is 31.6 Å². The zero-order chi connectivity index (χ0) is 18.2. The Morgan fingerprint density at radius 2 is 2.08 bits per heavy atom. The Morgan fingerprint density at radius 1 is 1.36 bits per heavy atom. The normalized spacial score (nSPS) is 20.7. The van der Waals surface area contributed by atoms with Crippen molar-refractivity contribution in [2.45, 2.75) is 33.0 Å². The number of hydrogen-bond acceptors (Lipinski definition) is 4. The molecule has 1 aliphatic rings. The van der Waals surface area contributed by atoms with Crippen LogP contribution in [0.2, 0.25) is 0 Å². The van der Waals surface area contributed by atoms with E-state index in [-0.39, 0.29) is 11.8 Å². The minimum atomic E-state index is -2.89. The lowest BCUT2D eigenvalue weighted by atomic mass is 10.1. The molecule has 2 heterocycles. The zero-order valence-corrected chi connectivity index (χ0v) is 16.5. The number of nitrogens with zero attached hydrogens (tertiary/aromatic N) is 3. The van der Waals surface area contributed by atoms with E-state index in [0.29, 0.717) is 17.2 Å². The molecule has 1 unspecified atom stereocenters. The largest absolute Gasteiger partial charge is 0.313 e. The van der Waals surface area contributed by atoms with E-state index in [1.54, 1.807) is 0 Å². The summed E-state index contributed by atoms with van der Waals surface area (Å²) in [5, 5.41) is 4.74. The molecule has 1 aromatic carbocycles. The molecule has 1 N–H and O–H groups in total.